The van der Waals surface area contributed by atoms with Gasteiger partial charge in [0, 0.05) is 35.5 Å². The van der Waals surface area contributed by atoms with Gasteiger partial charge >= 0.3 is 0 Å². The third kappa shape index (κ3) is 7.06. The van der Waals surface area contributed by atoms with E-state index < -0.39 is 0 Å². The summed E-state index contributed by atoms with van der Waals surface area (Å²) in [5.74, 6) is 0.846. The Bertz CT molecular complexity index is 2640. The zero-order valence-electron chi connectivity index (χ0n) is 30.1. The number of likely N-dealkylation sites (N-methyl/N-ethyl adjacent to an activating group) is 1. The van der Waals surface area contributed by atoms with Crippen LogP contribution in [0.1, 0.15) is 16.7 Å². The van der Waals surface area contributed by atoms with Crippen molar-refractivity contribution in [3.63, 3.8) is 0 Å². The summed E-state index contributed by atoms with van der Waals surface area (Å²) in [4.78, 5) is 7.22. The second-order valence-corrected chi connectivity index (χ2v) is 13.3. The van der Waals surface area contributed by atoms with E-state index >= 15 is 0 Å². The van der Waals surface area contributed by atoms with E-state index in [2.05, 4.69) is 121 Å². The van der Waals surface area contributed by atoms with Crippen LogP contribution in [0.4, 0.5) is 0 Å². The molecule has 0 aliphatic carbocycles. The fourth-order valence-electron chi connectivity index (χ4n) is 7.03. The summed E-state index contributed by atoms with van der Waals surface area (Å²) in [6.07, 6.45) is 3.86. The number of hydrogen-bond acceptors (Lipinski definition) is 2. The van der Waals surface area contributed by atoms with Gasteiger partial charge in [0.15, 0.2) is 5.84 Å². The number of aliphatic imine (C=N–C) groups is 1. The van der Waals surface area contributed by atoms with Crippen LogP contribution in [0.5, 0.6) is 0 Å². The number of nitrogens with zero attached hydrogens (tertiary/aromatic N) is 2. The molecule has 4 heteroatoms. The van der Waals surface area contributed by atoms with Crippen LogP contribution in [0.15, 0.2) is 204 Å². The molecule has 0 unspecified atom stereocenters. The van der Waals surface area contributed by atoms with Crippen LogP contribution in [-0.2, 0) is 0 Å². The lowest BCUT2D eigenvalue weighted by Gasteiger charge is -2.24. The van der Waals surface area contributed by atoms with E-state index in [0.29, 0.717) is 17.9 Å². The Morgan fingerprint density at radius 3 is 1.74 bits per heavy atom. The smallest absolute Gasteiger partial charge is 0.154 e. The van der Waals surface area contributed by atoms with Crippen molar-refractivity contribution in [2.45, 2.75) is 0 Å². The Morgan fingerprint density at radius 2 is 1.13 bits per heavy atom. The van der Waals surface area contributed by atoms with E-state index in [0.717, 1.165) is 60.9 Å². The van der Waals surface area contributed by atoms with Crippen molar-refractivity contribution in [3.8, 4) is 33.4 Å². The lowest BCUT2D eigenvalue weighted by Crippen LogP contribution is -2.30. The van der Waals surface area contributed by atoms with Crippen LogP contribution in [0.25, 0.3) is 60.9 Å². The van der Waals surface area contributed by atoms with Crippen LogP contribution in [0.2, 0.25) is 0 Å². The molecule has 0 radical (unpaired) electrons. The summed E-state index contributed by atoms with van der Waals surface area (Å²) in [6.45, 7) is 4.55. The Balaban J connectivity index is 1.19. The predicted molar refractivity (Wildman–Crippen MR) is 227 cm³/mol. The van der Waals surface area contributed by atoms with Gasteiger partial charge in [-0.3, -0.25) is 5.41 Å². The highest BCUT2D eigenvalue weighted by Gasteiger charge is 2.19. The van der Waals surface area contributed by atoms with Crippen molar-refractivity contribution >= 4 is 39.2 Å². The van der Waals surface area contributed by atoms with Crippen molar-refractivity contribution in [1.82, 2.24) is 4.90 Å². The molecule has 0 bridgehead atoms. The van der Waals surface area contributed by atoms with E-state index in [1.807, 2.05) is 85.9 Å². The number of fused-ring (bicyclic) bond motifs is 3. The highest BCUT2D eigenvalue weighted by atomic mass is 16.3. The molecule has 0 aliphatic heterocycles. The zero-order valence-corrected chi connectivity index (χ0v) is 30.1. The second-order valence-electron chi connectivity index (χ2n) is 13.3. The van der Waals surface area contributed by atoms with Crippen LogP contribution in [0, 0.1) is 5.41 Å². The molecule has 0 amide bonds. The molecule has 0 atom stereocenters. The summed E-state index contributed by atoms with van der Waals surface area (Å²) in [5.41, 5.74) is 12.1. The minimum atomic E-state index is 0.156. The van der Waals surface area contributed by atoms with Crippen molar-refractivity contribution in [3.05, 3.63) is 211 Å². The Labute approximate surface area is 316 Å². The standard InChI is InChI=1S/C50H39N3O/c1-3-14-43(37-19-11-6-12-20-37)34-53(2)50(41-29-27-39(28-30-41)36-17-9-5-10-18-36)52-49(51)44-21-13-22-47-48(44)45-33-42(31-32-46(45)54-47)40-25-23-38(24-26-40)35-15-7-4-8-16-35/h3-33,51H,1,34H2,2H3/b43-14+,51-49?,52-50?. The molecule has 0 saturated heterocycles. The van der Waals surface area contributed by atoms with Crippen LogP contribution in [-0.4, -0.2) is 30.2 Å². The minimum Gasteiger partial charge on any atom is -0.456 e. The summed E-state index contributed by atoms with van der Waals surface area (Å²) >= 11 is 0. The molecule has 8 aromatic rings. The lowest BCUT2D eigenvalue weighted by molar-refractivity contribution is 0.573. The molecule has 0 spiro atoms. The normalized spacial score (nSPS) is 11.9. The summed E-state index contributed by atoms with van der Waals surface area (Å²) in [5, 5.41) is 11.4. The third-order valence-electron chi connectivity index (χ3n) is 9.78. The summed E-state index contributed by atoms with van der Waals surface area (Å²) < 4.78 is 6.36. The maximum absolute atomic E-state index is 9.54. The van der Waals surface area contributed by atoms with Gasteiger partial charge in [-0.2, -0.15) is 0 Å². The maximum Gasteiger partial charge on any atom is 0.154 e. The average Bonchev–Trinajstić information content (AvgIpc) is 3.62. The minimum absolute atomic E-state index is 0.156. The molecular weight excluding hydrogens is 659 g/mol. The quantitative estimate of drug-likeness (QED) is 0.0927. The number of rotatable bonds is 9. The van der Waals surface area contributed by atoms with Gasteiger partial charge in [0.2, 0.25) is 0 Å². The van der Waals surface area contributed by atoms with Crippen molar-refractivity contribution < 1.29 is 4.42 Å². The van der Waals surface area contributed by atoms with Crippen molar-refractivity contribution in [2.75, 3.05) is 13.6 Å². The first kappa shape index (κ1) is 34.1. The highest BCUT2D eigenvalue weighted by molar-refractivity contribution is 6.20. The average molecular weight is 698 g/mol. The van der Waals surface area contributed by atoms with Crippen molar-refractivity contribution in [1.29, 1.82) is 5.41 Å². The molecule has 7 aromatic carbocycles. The Morgan fingerprint density at radius 1 is 0.593 bits per heavy atom. The molecule has 0 fully saturated rings. The van der Waals surface area contributed by atoms with Gasteiger partial charge in [-0.1, -0.05) is 176 Å². The van der Waals surface area contributed by atoms with Gasteiger partial charge in [0.05, 0.1) is 0 Å². The molecule has 8 rings (SSSR count). The number of benzene rings is 7. The number of hydrogen-bond donors (Lipinski definition) is 1. The highest BCUT2D eigenvalue weighted by Crippen LogP contribution is 2.35. The summed E-state index contributed by atoms with van der Waals surface area (Å²) in [7, 11) is 2.03. The van der Waals surface area contributed by atoms with Gasteiger partial charge in [-0.25, -0.2) is 4.99 Å². The fourth-order valence-corrected chi connectivity index (χ4v) is 7.03. The zero-order chi connectivity index (χ0) is 36.9. The molecule has 1 heterocycles. The van der Waals surface area contributed by atoms with E-state index in [9.17, 15) is 5.41 Å². The van der Waals surface area contributed by atoms with Crippen molar-refractivity contribution in [2.24, 2.45) is 4.99 Å². The molecular formula is C50H39N3O. The third-order valence-corrected chi connectivity index (χ3v) is 9.78. The first-order valence-corrected chi connectivity index (χ1v) is 18.1. The largest absolute Gasteiger partial charge is 0.456 e. The maximum atomic E-state index is 9.54. The molecule has 260 valence electrons. The monoisotopic (exact) mass is 697 g/mol. The lowest BCUT2D eigenvalue weighted by atomic mass is 9.98. The number of furan rings is 1. The number of amidine groups is 2. The molecule has 4 nitrogen and oxygen atoms in total. The predicted octanol–water partition coefficient (Wildman–Crippen LogP) is 12.6. The van der Waals surface area contributed by atoms with Gasteiger partial charge in [-0.05, 0) is 62.7 Å². The van der Waals surface area contributed by atoms with E-state index in [1.165, 1.54) is 11.1 Å². The van der Waals surface area contributed by atoms with Crippen LogP contribution >= 0.6 is 0 Å². The fraction of sp³-hybridized carbons (Fsp3) is 0.0400. The summed E-state index contributed by atoms with van der Waals surface area (Å²) in [6, 6.07) is 60.3. The topological polar surface area (TPSA) is 52.6 Å². The van der Waals surface area contributed by atoms with Gasteiger partial charge in [0.1, 0.15) is 17.0 Å². The van der Waals surface area contributed by atoms with Crippen LogP contribution < -0.4 is 0 Å². The number of nitrogens with one attached hydrogen (secondary N) is 1. The van der Waals surface area contributed by atoms with E-state index in [1.54, 1.807) is 0 Å². The van der Waals surface area contributed by atoms with E-state index in [4.69, 9.17) is 9.41 Å². The van der Waals surface area contributed by atoms with Crippen LogP contribution in [0.3, 0.4) is 0 Å². The van der Waals surface area contributed by atoms with Gasteiger partial charge < -0.3 is 9.32 Å². The Hall–Kier alpha value is -7.04. The number of allylic oxidation sites excluding steroid dienone is 2. The molecule has 54 heavy (non-hydrogen) atoms. The molecule has 1 aromatic heterocycles. The molecule has 1 N–H and O–H groups in total. The first-order valence-electron chi connectivity index (χ1n) is 18.1. The molecule has 0 aliphatic rings. The second kappa shape index (κ2) is 15.3. The van der Waals surface area contributed by atoms with Gasteiger partial charge in [-0.15, -0.1) is 0 Å². The van der Waals surface area contributed by atoms with Gasteiger partial charge in [0.25, 0.3) is 0 Å². The van der Waals surface area contributed by atoms with E-state index in [-0.39, 0.29) is 5.84 Å². The SMILES string of the molecule is C=C/C=C(\CN(C)C(=NC(=N)c1cccc2oc3ccc(-c4ccc(-c5ccccc5)cc4)cc3c12)c1ccc(-c2ccccc2)cc1)c1ccccc1. The Kier molecular flexibility index (Phi) is 9.64. The molecule has 0 saturated carbocycles. The first-order chi connectivity index (χ1) is 26.6.